The van der Waals surface area contributed by atoms with Crippen LogP contribution in [0.25, 0.3) is 10.9 Å². The highest BCUT2D eigenvalue weighted by atomic mass is 16.5. The van der Waals surface area contributed by atoms with Crippen LogP contribution in [0.2, 0.25) is 0 Å². The molecule has 1 aliphatic rings. The summed E-state index contributed by atoms with van der Waals surface area (Å²) in [5, 5.41) is 4.07. The van der Waals surface area contributed by atoms with E-state index in [1.165, 1.54) is 24.8 Å². The van der Waals surface area contributed by atoms with Crippen molar-refractivity contribution in [3.8, 4) is 5.75 Å². The Kier molecular flexibility index (Phi) is 5.65. The number of amides is 1. The van der Waals surface area contributed by atoms with Crippen molar-refractivity contribution in [2.75, 3.05) is 29.9 Å². The molecule has 29 heavy (non-hydrogen) atoms. The van der Waals surface area contributed by atoms with Crippen LogP contribution in [0.15, 0.2) is 48.5 Å². The van der Waals surface area contributed by atoms with E-state index in [1.54, 1.807) is 0 Å². The number of nitrogens with one attached hydrogen (secondary N) is 1. The summed E-state index contributed by atoms with van der Waals surface area (Å²) in [6, 6.07) is 15.6. The SMILES string of the molecule is CCOc1ccc(NC(=O)c2cc(N3CCCCC3)c3cc(C)ccc3n2)cc1. The van der Waals surface area contributed by atoms with Gasteiger partial charge in [-0.3, -0.25) is 4.79 Å². The summed E-state index contributed by atoms with van der Waals surface area (Å²) >= 11 is 0. The molecule has 1 N–H and O–H groups in total. The summed E-state index contributed by atoms with van der Waals surface area (Å²) in [4.78, 5) is 20.0. The van der Waals surface area contributed by atoms with E-state index in [0.717, 1.165) is 41.1 Å². The van der Waals surface area contributed by atoms with Crippen molar-refractivity contribution in [3.05, 3.63) is 59.8 Å². The predicted molar refractivity (Wildman–Crippen MR) is 118 cm³/mol. The summed E-state index contributed by atoms with van der Waals surface area (Å²) < 4.78 is 5.46. The second kappa shape index (κ2) is 8.52. The topological polar surface area (TPSA) is 54.5 Å². The Bertz CT molecular complexity index is 1010. The molecule has 150 valence electrons. The Hall–Kier alpha value is -3.08. The number of ether oxygens (including phenoxy) is 1. The van der Waals surface area contributed by atoms with Gasteiger partial charge < -0.3 is 15.0 Å². The molecular weight excluding hydrogens is 362 g/mol. The summed E-state index contributed by atoms with van der Waals surface area (Å²) in [5.74, 6) is 0.590. The van der Waals surface area contributed by atoms with E-state index in [9.17, 15) is 4.79 Å². The maximum atomic E-state index is 12.9. The highest BCUT2D eigenvalue weighted by Gasteiger charge is 2.18. The number of rotatable bonds is 5. The molecule has 0 aliphatic carbocycles. The number of aryl methyl sites for hydroxylation is 1. The minimum Gasteiger partial charge on any atom is -0.494 e. The first-order chi connectivity index (χ1) is 14.1. The third-order valence-corrected chi connectivity index (χ3v) is 5.29. The zero-order valence-electron chi connectivity index (χ0n) is 17.1. The molecule has 0 radical (unpaired) electrons. The first-order valence-electron chi connectivity index (χ1n) is 10.3. The van der Waals surface area contributed by atoms with Crippen LogP contribution < -0.4 is 15.0 Å². The third kappa shape index (κ3) is 4.34. The number of anilines is 2. The van der Waals surface area contributed by atoms with E-state index < -0.39 is 0 Å². The van der Waals surface area contributed by atoms with Gasteiger partial charge in [0.05, 0.1) is 12.1 Å². The minimum absolute atomic E-state index is 0.199. The second-order valence-corrected chi connectivity index (χ2v) is 7.51. The Morgan fingerprint density at radius 1 is 1.07 bits per heavy atom. The molecule has 5 heteroatoms. The summed E-state index contributed by atoms with van der Waals surface area (Å²) in [7, 11) is 0. The number of carbonyl (C=O) groups is 1. The van der Waals surface area contributed by atoms with Crippen LogP contribution in [0.5, 0.6) is 5.75 Å². The van der Waals surface area contributed by atoms with Crippen molar-refractivity contribution in [2.24, 2.45) is 0 Å². The quantitative estimate of drug-likeness (QED) is 0.653. The number of carbonyl (C=O) groups excluding carboxylic acids is 1. The number of aromatic nitrogens is 1. The van der Waals surface area contributed by atoms with Crippen LogP contribution in [-0.2, 0) is 0 Å². The van der Waals surface area contributed by atoms with Crippen molar-refractivity contribution in [3.63, 3.8) is 0 Å². The van der Waals surface area contributed by atoms with E-state index in [4.69, 9.17) is 4.74 Å². The zero-order valence-corrected chi connectivity index (χ0v) is 17.1. The number of piperidine rings is 1. The molecule has 0 bridgehead atoms. The van der Waals surface area contributed by atoms with Gasteiger partial charge in [-0.15, -0.1) is 0 Å². The first kappa shape index (κ1) is 19.2. The number of benzene rings is 2. The zero-order chi connectivity index (χ0) is 20.2. The van der Waals surface area contributed by atoms with Gasteiger partial charge in [-0.25, -0.2) is 4.98 Å². The Labute approximate surface area is 171 Å². The van der Waals surface area contributed by atoms with E-state index in [-0.39, 0.29) is 5.91 Å². The number of fused-ring (bicyclic) bond motifs is 1. The Morgan fingerprint density at radius 3 is 2.55 bits per heavy atom. The van der Waals surface area contributed by atoms with Crippen molar-refractivity contribution in [1.82, 2.24) is 4.98 Å². The van der Waals surface area contributed by atoms with Gasteiger partial charge in [0.15, 0.2) is 0 Å². The fourth-order valence-corrected chi connectivity index (χ4v) is 3.83. The van der Waals surface area contributed by atoms with Gasteiger partial charge in [-0.1, -0.05) is 11.6 Å². The van der Waals surface area contributed by atoms with Crippen molar-refractivity contribution in [1.29, 1.82) is 0 Å². The molecule has 5 nitrogen and oxygen atoms in total. The molecule has 4 rings (SSSR count). The van der Waals surface area contributed by atoms with Crippen LogP contribution in [0.4, 0.5) is 11.4 Å². The average molecular weight is 389 g/mol. The van der Waals surface area contributed by atoms with E-state index >= 15 is 0 Å². The maximum Gasteiger partial charge on any atom is 0.274 e. The molecule has 1 aromatic heterocycles. The van der Waals surface area contributed by atoms with Gasteiger partial charge in [0.1, 0.15) is 11.4 Å². The minimum atomic E-state index is -0.199. The molecule has 2 aromatic carbocycles. The van der Waals surface area contributed by atoms with Gasteiger partial charge >= 0.3 is 0 Å². The molecule has 1 aliphatic heterocycles. The second-order valence-electron chi connectivity index (χ2n) is 7.51. The van der Waals surface area contributed by atoms with Crippen molar-refractivity contribution >= 4 is 28.2 Å². The highest BCUT2D eigenvalue weighted by Crippen LogP contribution is 2.30. The molecule has 3 aromatic rings. The number of hydrogen-bond donors (Lipinski definition) is 1. The van der Waals surface area contributed by atoms with E-state index in [2.05, 4.69) is 28.2 Å². The summed E-state index contributed by atoms with van der Waals surface area (Å²) in [5.41, 5.74) is 4.33. The van der Waals surface area contributed by atoms with Crippen LogP contribution in [-0.4, -0.2) is 30.6 Å². The standard InChI is InChI=1S/C24H27N3O2/c1-3-29-19-10-8-18(9-11-19)25-24(28)22-16-23(27-13-5-4-6-14-27)20-15-17(2)7-12-21(20)26-22/h7-12,15-16H,3-6,13-14H2,1-2H3,(H,25,28). The average Bonchev–Trinajstić information content (AvgIpc) is 2.75. The lowest BCUT2D eigenvalue weighted by Crippen LogP contribution is -2.30. The van der Waals surface area contributed by atoms with Gasteiger partial charge in [0.25, 0.3) is 5.91 Å². The number of hydrogen-bond acceptors (Lipinski definition) is 4. The number of nitrogens with zero attached hydrogens (tertiary/aromatic N) is 2. The van der Waals surface area contributed by atoms with Crippen LogP contribution >= 0.6 is 0 Å². The lowest BCUT2D eigenvalue weighted by molar-refractivity contribution is 0.102. The molecule has 1 fully saturated rings. The highest BCUT2D eigenvalue weighted by molar-refractivity contribution is 6.06. The Morgan fingerprint density at radius 2 is 1.83 bits per heavy atom. The van der Waals surface area contributed by atoms with Crippen molar-refractivity contribution < 1.29 is 9.53 Å². The molecule has 0 saturated carbocycles. The fraction of sp³-hybridized carbons (Fsp3) is 0.333. The lowest BCUT2D eigenvalue weighted by Gasteiger charge is -2.30. The largest absolute Gasteiger partial charge is 0.494 e. The lowest BCUT2D eigenvalue weighted by atomic mass is 10.1. The number of pyridine rings is 1. The van der Waals surface area contributed by atoms with Gasteiger partial charge in [0, 0.05) is 29.9 Å². The normalized spacial score (nSPS) is 14.1. The predicted octanol–water partition coefficient (Wildman–Crippen LogP) is 5.18. The summed E-state index contributed by atoms with van der Waals surface area (Å²) in [6.07, 6.45) is 3.64. The molecule has 0 atom stereocenters. The molecule has 2 heterocycles. The smallest absolute Gasteiger partial charge is 0.274 e. The Balaban J connectivity index is 1.65. The fourth-order valence-electron chi connectivity index (χ4n) is 3.83. The molecule has 0 spiro atoms. The third-order valence-electron chi connectivity index (χ3n) is 5.29. The first-order valence-corrected chi connectivity index (χ1v) is 10.3. The van der Waals surface area contributed by atoms with Crippen LogP contribution in [0.3, 0.4) is 0 Å². The van der Waals surface area contributed by atoms with Crippen LogP contribution in [0.1, 0.15) is 42.2 Å². The van der Waals surface area contributed by atoms with E-state index in [1.807, 2.05) is 49.4 Å². The molecular formula is C24H27N3O2. The summed E-state index contributed by atoms with van der Waals surface area (Å²) in [6.45, 7) is 6.69. The van der Waals surface area contributed by atoms with Gasteiger partial charge in [0.2, 0.25) is 0 Å². The maximum absolute atomic E-state index is 12.9. The molecule has 1 amide bonds. The van der Waals surface area contributed by atoms with Gasteiger partial charge in [-0.05, 0) is 75.6 Å². The van der Waals surface area contributed by atoms with Gasteiger partial charge in [-0.2, -0.15) is 0 Å². The molecule has 0 unspecified atom stereocenters. The van der Waals surface area contributed by atoms with Crippen LogP contribution in [0, 0.1) is 6.92 Å². The van der Waals surface area contributed by atoms with E-state index in [0.29, 0.717) is 12.3 Å². The van der Waals surface area contributed by atoms with Crippen molar-refractivity contribution in [2.45, 2.75) is 33.1 Å². The molecule has 1 saturated heterocycles. The monoisotopic (exact) mass is 389 g/mol.